The van der Waals surface area contributed by atoms with E-state index in [1.807, 2.05) is 31.2 Å². The maximum absolute atomic E-state index is 12.0. The number of nitrogens with zero attached hydrogens (tertiary/aromatic N) is 1. The molecule has 0 spiro atoms. The van der Waals surface area contributed by atoms with E-state index in [1.54, 1.807) is 0 Å². The van der Waals surface area contributed by atoms with Gasteiger partial charge < -0.3 is 10.0 Å². The number of amides is 1. The van der Waals surface area contributed by atoms with Crippen LogP contribution in [0.15, 0.2) is 24.3 Å². The SMILES string of the molecule is C#CCCC(=O)N(CCC(=O)O)c1ccc(C)cc1. The van der Waals surface area contributed by atoms with Gasteiger partial charge in [-0.3, -0.25) is 9.59 Å². The van der Waals surface area contributed by atoms with Gasteiger partial charge in [-0.2, -0.15) is 0 Å². The molecule has 0 radical (unpaired) electrons. The molecule has 1 N–H and O–H groups in total. The van der Waals surface area contributed by atoms with Crippen molar-refractivity contribution in [3.63, 3.8) is 0 Å². The Morgan fingerprint density at radius 3 is 2.42 bits per heavy atom. The summed E-state index contributed by atoms with van der Waals surface area (Å²) < 4.78 is 0. The van der Waals surface area contributed by atoms with Gasteiger partial charge in [-0.1, -0.05) is 17.7 Å². The molecule has 4 nitrogen and oxygen atoms in total. The van der Waals surface area contributed by atoms with Gasteiger partial charge in [0.25, 0.3) is 0 Å². The van der Waals surface area contributed by atoms with Gasteiger partial charge in [-0.15, -0.1) is 12.3 Å². The van der Waals surface area contributed by atoms with Crippen molar-refractivity contribution >= 4 is 17.6 Å². The smallest absolute Gasteiger partial charge is 0.305 e. The Balaban J connectivity index is 2.85. The minimum Gasteiger partial charge on any atom is -0.481 e. The second-order valence-corrected chi connectivity index (χ2v) is 4.23. The lowest BCUT2D eigenvalue weighted by atomic mass is 10.2. The minimum absolute atomic E-state index is 0.0876. The predicted molar refractivity (Wildman–Crippen MR) is 73.9 cm³/mol. The van der Waals surface area contributed by atoms with Crippen molar-refractivity contribution in [1.82, 2.24) is 0 Å². The molecule has 0 aliphatic heterocycles. The second-order valence-electron chi connectivity index (χ2n) is 4.23. The molecule has 19 heavy (non-hydrogen) atoms. The fourth-order valence-corrected chi connectivity index (χ4v) is 1.64. The van der Waals surface area contributed by atoms with Crippen LogP contribution in [-0.2, 0) is 9.59 Å². The summed E-state index contributed by atoms with van der Waals surface area (Å²) in [5.74, 6) is 1.34. The number of carbonyl (C=O) groups excluding carboxylic acids is 1. The highest BCUT2D eigenvalue weighted by molar-refractivity contribution is 5.93. The molecule has 4 heteroatoms. The van der Waals surface area contributed by atoms with Gasteiger partial charge in [0.1, 0.15) is 0 Å². The molecule has 1 aromatic carbocycles. The Morgan fingerprint density at radius 1 is 1.26 bits per heavy atom. The van der Waals surface area contributed by atoms with Crippen LogP contribution in [0, 0.1) is 19.3 Å². The Labute approximate surface area is 113 Å². The normalized spacial score (nSPS) is 9.68. The fourth-order valence-electron chi connectivity index (χ4n) is 1.64. The molecule has 0 heterocycles. The minimum atomic E-state index is -0.929. The van der Waals surface area contributed by atoms with Gasteiger partial charge in [-0.05, 0) is 19.1 Å². The Bertz CT molecular complexity index is 485. The highest BCUT2D eigenvalue weighted by Gasteiger charge is 2.16. The number of hydrogen-bond donors (Lipinski definition) is 1. The van der Waals surface area contributed by atoms with E-state index in [2.05, 4.69) is 5.92 Å². The van der Waals surface area contributed by atoms with Gasteiger partial charge in [0, 0.05) is 25.1 Å². The largest absolute Gasteiger partial charge is 0.481 e. The zero-order valence-electron chi connectivity index (χ0n) is 10.9. The molecule has 1 aromatic rings. The fraction of sp³-hybridized carbons (Fsp3) is 0.333. The molecule has 0 saturated heterocycles. The van der Waals surface area contributed by atoms with Crippen molar-refractivity contribution in [2.24, 2.45) is 0 Å². The van der Waals surface area contributed by atoms with Crippen LogP contribution >= 0.6 is 0 Å². The first-order valence-corrected chi connectivity index (χ1v) is 6.07. The third kappa shape index (κ3) is 4.84. The zero-order valence-corrected chi connectivity index (χ0v) is 10.9. The molecular formula is C15H17NO3. The van der Waals surface area contributed by atoms with Crippen LogP contribution in [0.4, 0.5) is 5.69 Å². The first kappa shape index (κ1) is 14.8. The number of carboxylic acids is 1. The van der Waals surface area contributed by atoms with Crippen LogP contribution in [0.3, 0.4) is 0 Å². The lowest BCUT2D eigenvalue weighted by Gasteiger charge is -2.22. The molecule has 0 atom stereocenters. The maximum atomic E-state index is 12.0. The van der Waals surface area contributed by atoms with E-state index < -0.39 is 5.97 Å². The average Bonchev–Trinajstić information content (AvgIpc) is 2.38. The van der Waals surface area contributed by atoms with E-state index in [0.717, 1.165) is 5.56 Å². The predicted octanol–water partition coefficient (Wildman–Crippen LogP) is 2.22. The number of aliphatic carboxylic acids is 1. The lowest BCUT2D eigenvalue weighted by molar-refractivity contribution is -0.136. The third-order valence-corrected chi connectivity index (χ3v) is 2.68. The van der Waals surface area contributed by atoms with Crippen molar-refractivity contribution in [3.05, 3.63) is 29.8 Å². The maximum Gasteiger partial charge on any atom is 0.305 e. The summed E-state index contributed by atoms with van der Waals surface area (Å²) in [6.45, 7) is 2.10. The number of anilines is 1. The number of aryl methyl sites for hydroxylation is 1. The molecule has 0 bridgehead atoms. The van der Waals surface area contributed by atoms with Crippen molar-refractivity contribution in [3.8, 4) is 12.3 Å². The summed E-state index contributed by atoms with van der Waals surface area (Å²) >= 11 is 0. The highest BCUT2D eigenvalue weighted by Crippen LogP contribution is 2.17. The number of rotatable bonds is 6. The average molecular weight is 259 g/mol. The van der Waals surface area contributed by atoms with Gasteiger partial charge in [0.2, 0.25) is 5.91 Å². The zero-order chi connectivity index (χ0) is 14.3. The molecule has 0 unspecified atom stereocenters. The molecule has 0 fully saturated rings. The van der Waals surface area contributed by atoms with E-state index in [-0.39, 0.29) is 25.3 Å². The van der Waals surface area contributed by atoms with E-state index in [1.165, 1.54) is 4.90 Å². The molecular weight excluding hydrogens is 242 g/mol. The summed E-state index contributed by atoms with van der Waals surface area (Å²) in [4.78, 5) is 24.2. The number of benzene rings is 1. The Hall–Kier alpha value is -2.28. The van der Waals surface area contributed by atoms with Crippen LogP contribution in [0.2, 0.25) is 0 Å². The van der Waals surface area contributed by atoms with Crippen LogP contribution in [0.25, 0.3) is 0 Å². The quantitative estimate of drug-likeness (QED) is 0.797. The van der Waals surface area contributed by atoms with Crippen molar-refractivity contribution in [1.29, 1.82) is 0 Å². The van der Waals surface area contributed by atoms with Crippen LogP contribution in [0.5, 0.6) is 0 Å². The first-order chi connectivity index (χ1) is 9.04. The van der Waals surface area contributed by atoms with E-state index in [4.69, 9.17) is 11.5 Å². The Kier molecular flexibility index (Phi) is 5.62. The number of hydrogen-bond acceptors (Lipinski definition) is 2. The van der Waals surface area contributed by atoms with Crippen molar-refractivity contribution in [2.45, 2.75) is 26.2 Å². The summed E-state index contributed by atoms with van der Waals surface area (Å²) in [6.07, 6.45) is 5.64. The van der Waals surface area contributed by atoms with Crippen LogP contribution < -0.4 is 4.90 Å². The van der Waals surface area contributed by atoms with Crippen LogP contribution in [-0.4, -0.2) is 23.5 Å². The monoisotopic (exact) mass is 259 g/mol. The van der Waals surface area contributed by atoms with Gasteiger partial charge >= 0.3 is 5.97 Å². The topological polar surface area (TPSA) is 57.6 Å². The summed E-state index contributed by atoms with van der Waals surface area (Å²) in [6, 6.07) is 7.39. The molecule has 1 amide bonds. The highest BCUT2D eigenvalue weighted by atomic mass is 16.4. The first-order valence-electron chi connectivity index (χ1n) is 6.07. The Morgan fingerprint density at radius 2 is 1.89 bits per heavy atom. The van der Waals surface area contributed by atoms with E-state index in [9.17, 15) is 9.59 Å². The summed E-state index contributed by atoms with van der Waals surface area (Å²) in [5.41, 5.74) is 1.78. The van der Waals surface area contributed by atoms with Crippen molar-refractivity contribution < 1.29 is 14.7 Å². The van der Waals surface area contributed by atoms with Crippen LogP contribution in [0.1, 0.15) is 24.8 Å². The summed E-state index contributed by atoms with van der Waals surface area (Å²) in [7, 11) is 0. The number of carbonyl (C=O) groups is 2. The standard InChI is InChI=1S/C15H17NO3/c1-3-4-5-14(17)16(11-10-15(18)19)13-8-6-12(2)7-9-13/h1,6-9H,4-5,10-11H2,2H3,(H,18,19). The second kappa shape index (κ2) is 7.22. The van der Waals surface area contributed by atoms with Crippen molar-refractivity contribution in [2.75, 3.05) is 11.4 Å². The molecule has 0 aliphatic rings. The van der Waals surface area contributed by atoms with Gasteiger partial charge in [0.05, 0.1) is 6.42 Å². The molecule has 100 valence electrons. The lowest BCUT2D eigenvalue weighted by Crippen LogP contribution is -2.32. The molecule has 0 aromatic heterocycles. The third-order valence-electron chi connectivity index (χ3n) is 2.68. The number of carboxylic acid groups (broad SMARTS) is 1. The number of terminal acetylenes is 1. The molecule has 1 rings (SSSR count). The van der Waals surface area contributed by atoms with Gasteiger partial charge in [0.15, 0.2) is 0 Å². The van der Waals surface area contributed by atoms with Gasteiger partial charge in [-0.25, -0.2) is 0 Å². The van der Waals surface area contributed by atoms with E-state index >= 15 is 0 Å². The summed E-state index contributed by atoms with van der Waals surface area (Å²) in [5, 5.41) is 8.74. The molecule has 0 aliphatic carbocycles. The van der Waals surface area contributed by atoms with E-state index in [0.29, 0.717) is 12.1 Å². The molecule has 0 saturated carbocycles.